The van der Waals surface area contributed by atoms with Gasteiger partial charge in [-0.05, 0) is 5.56 Å². The molecule has 0 atom stereocenters. The van der Waals surface area contributed by atoms with Crippen LogP contribution in [-0.2, 0) is 6.61 Å². The number of ether oxygens (including phenoxy) is 2. The molecule has 0 fully saturated rings. The minimum absolute atomic E-state index is 0.157. The minimum atomic E-state index is -1.01. The zero-order valence-corrected chi connectivity index (χ0v) is 9.82. The Labute approximate surface area is 104 Å². The number of hydrogen-bond acceptors (Lipinski definition) is 2. The average molecular weight is 250 g/mol. The Morgan fingerprint density at radius 2 is 1.78 bits per heavy atom. The van der Waals surface area contributed by atoms with Crippen LogP contribution in [0.4, 0.5) is 8.78 Å². The van der Waals surface area contributed by atoms with Crippen LogP contribution in [0.25, 0.3) is 0 Å². The molecule has 18 heavy (non-hydrogen) atoms. The van der Waals surface area contributed by atoms with Gasteiger partial charge in [-0.25, -0.2) is 4.39 Å². The predicted molar refractivity (Wildman–Crippen MR) is 63.7 cm³/mol. The van der Waals surface area contributed by atoms with Crippen molar-refractivity contribution in [2.24, 2.45) is 0 Å². The maximum Gasteiger partial charge on any atom is 0.200 e. The van der Waals surface area contributed by atoms with E-state index in [1.807, 2.05) is 30.3 Å². The molecule has 0 N–H and O–H groups in total. The summed E-state index contributed by atoms with van der Waals surface area (Å²) in [5, 5.41) is 0. The Balaban J connectivity index is 2.16. The van der Waals surface area contributed by atoms with E-state index in [0.717, 1.165) is 11.6 Å². The van der Waals surface area contributed by atoms with Gasteiger partial charge in [0, 0.05) is 12.1 Å². The lowest BCUT2D eigenvalue weighted by atomic mass is 10.2. The van der Waals surface area contributed by atoms with E-state index in [0.29, 0.717) is 0 Å². The van der Waals surface area contributed by atoms with Crippen LogP contribution in [0.15, 0.2) is 42.5 Å². The molecule has 94 valence electrons. The van der Waals surface area contributed by atoms with E-state index < -0.39 is 11.6 Å². The van der Waals surface area contributed by atoms with Crippen molar-refractivity contribution >= 4 is 0 Å². The van der Waals surface area contributed by atoms with Crippen molar-refractivity contribution in [2.75, 3.05) is 7.11 Å². The Bertz CT molecular complexity index is 527. The number of rotatable bonds is 4. The van der Waals surface area contributed by atoms with Gasteiger partial charge in [0.2, 0.25) is 5.82 Å². The minimum Gasteiger partial charge on any atom is -0.497 e. The summed E-state index contributed by atoms with van der Waals surface area (Å²) in [7, 11) is 1.38. The van der Waals surface area contributed by atoms with Crippen molar-refractivity contribution in [3.05, 3.63) is 59.7 Å². The monoisotopic (exact) mass is 250 g/mol. The topological polar surface area (TPSA) is 18.5 Å². The van der Waals surface area contributed by atoms with Gasteiger partial charge in [-0.2, -0.15) is 4.39 Å². The first-order valence-corrected chi connectivity index (χ1v) is 5.40. The van der Waals surface area contributed by atoms with Crippen LogP contribution in [0.1, 0.15) is 5.56 Å². The molecule has 0 bridgehead atoms. The molecule has 2 nitrogen and oxygen atoms in total. The van der Waals surface area contributed by atoms with Crippen LogP contribution in [0, 0.1) is 11.6 Å². The fraction of sp³-hybridized carbons (Fsp3) is 0.143. The van der Waals surface area contributed by atoms with Gasteiger partial charge >= 0.3 is 0 Å². The Morgan fingerprint density at radius 3 is 2.44 bits per heavy atom. The van der Waals surface area contributed by atoms with Crippen molar-refractivity contribution in [1.82, 2.24) is 0 Å². The molecule has 4 heteroatoms. The summed E-state index contributed by atoms with van der Waals surface area (Å²) in [5.74, 6) is -1.93. The Morgan fingerprint density at radius 1 is 1.06 bits per heavy atom. The molecule has 0 aliphatic carbocycles. The number of methoxy groups -OCH3 is 1. The van der Waals surface area contributed by atoms with Crippen LogP contribution in [0.2, 0.25) is 0 Å². The van der Waals surface area contributed by atoms with Crippen molar-refractivity contribution in [2.45, 2.75) is 6.61 Å². The highest BCUT2D eigenvalue weighted by Gasteiger charge is 2.12. The Kier molecular flexibility index (Phi) is 3.77. The van der Waals surface area contributed by atoms with Gasteiger partial charge in [-0.3, -0.25) is 0 Å². The van der Waals surface area contributed by atoms with Crippen LogP contribution in [0.5, 0.6) is 11.5 Å². The number of halogens is 2. The third-order valence-electron chi connectivity index (χ3n) is 2.44. The van der Waals surface area contributed by atoms with Gasteiger partial charge in [0.1, 0.15) is 12.4 Å². The molecular weight excluding hydrogens is 238 g/mol. The first-order chi connectivity index (χ1) is 8.70. The first-order valence-electron chi connectivity index (χ1n) is 5.40. The van der Waals surface area contributed by atoms with Crippen molar-refractivity contribution < 1.29 is 18.3 Å². The largest absolute Gasteiger partial charge is 0.497 e. The summed E-state index contributed by atoms with van der Waals surface area (Å²) >= 11 is 0. The van der Waals surface area contributed by atoms with E-state index in [1.54, 1.807) is 0 Å². The van der Waals surface area contributed by atoms with Gasteiger partial charge < -0.3 is 9.47 Å². The summed E-state index contributed by atoms with van der Waals surface area (Å²) in [6, 6.07) is 11.5. The maximum absolute atomic E-state index is 13.5. The molecule has 0 spiro atoms. The van der Waals surface area contributed by atoms with E-state index >= 15 is 0 Å². The van der Waals surface area contributed by atoms with Crippen LogP contribution >= 0.6 is 0 Å². The van der Waals surface area contributed by atoms with Gasteiger partial charge in [0.25, 0.3) is 0 Å². The van der Waals surface area contributed by atoms with E-state index in [2.05, 4.69) is 0 Å². The first kappa shape index (κ1) is 12.4. The summed E-state index contributed by atoms with van der Waals surface area (Å²) < 4.78 is 36.8. The summed E-state index contributed by atoms with van der Waals surface area (Å²) in [4.78, 5) is 0. The fourth-order valence-electron chi connectivity index (χ4n) is 1.50. The highest BCUT2D eigenvalue weighted by Crippen LogP contribution is 2.27. The maximum atomic E-state index is 13.5. The van der Waals surface area contributed by atoms with Gasteiger partial charge in [-0.15, -0.1) is 0 Å². The van der Waals surface area contributed by atoms with E-state index in [1.165, 1.54) is 13.2 Å². The quantitative estimate of drug-likeness (QED) is 0.826. The lowest BCUT2D eigenvalue weighted by Gasteiger charge is -2.09. The van der Waals surface area contributed by atoms with Crippen molar-refractivity contribution in [3.8, 4) is 11.5 Å². The molecule has 0 aliphatic rings. The van der Waals surface area contributed by atoms with E-state index in [-0.39, 0.29) is 18.1 Å². The molecular formula is C14H12F2O2. The number of benzene rings is 2. The summed E-state index contributed by atoms with van der Waals surface area (Å²) in [6.45, 7) is 0.171. The van der Waals surface area contributed by atoms with Gasteiger partial charge in [0.05, 0.1) is 7.11 Å². The normalized spacial score (nSPS) is 10.2. The van der Waals surface area contributed by atoms with E-state index in [9.17, 15) is 8.78 Å². The SMILES string of the molecule is COc1cc(F)c(F)c(OCc2ccccc2)c1. The van der Waals surface area contributed by atoms with E-state index in [4.69, 9.17) is 9.47 Å². The molecule has 0 aliphatic heterocycles. The molecule has 0 saturated carbocycles. The third-order valence-corrected chi connectivity index (χ3v) is 2.44. The molecule has 2 rings (SSSR count). The molecule has 0 radical (unpaired) electrons. The molecule has 0 unspecified atom stereocenters. The number of hydrogen-bond donors (Lipinski definition) is 0. The van der Waals surface area contributed by atoms with Crippen LogP contribution in [0.3, 0.4) is 0 Å². The molecule has 0 aromatic heterocycles. The Hall–Kier alpha value is -2.10. The summed E-state index contributed by atoms with van der Waals surface area (Å²) in [5.41, 5.74) is 0.875. The lowest BCUT2D eigenvalue weighted by Crippen LogP contribution is -1.99. The van der Waals surface area contributed by atoms with Crippen molar-refractivity contribution in [3.63, 3.8) is 0 Å². The molecule has 0 amide bonds. The standard InChI is InChI=1S/C14H12F2O2/c1-17-11-7-12(15)14(16)13(8-11)18-9-10-5-3-2-4-6-10/h2-8H,9H2,1H3. The fourth-order valence-corrected chi connectivity index (χ4v) is 1.50. The third kappa shape index (κ3) is 2.77. The highest BCUT2D eigenvalue weighted by molar-refractivity contribution is 5.35. The highest BCUT2D eigenvalue weighted by atomic mass is 19.2. The molecule has 2 aromatic rings. The summed E-state index contributed by atoms with van der Waals surface area (Å²) in [6.07, 6.45) is 0. The lowest BCUT2D eigenvalue weighted by molar-refractivity contribution is 0.281. The smallest absolute Gasteiger partial charge is 0.200 e. The second kappa shape index (κ2) is 5.49. The van der Waals surface area contributed by atoms with Crippen LogP contribution in [-0.4, -0.2) is 7.11 Å². The van der Waals surface area contributed by atoms with Crippen molar-refractivity contribution in [1.29, 1.82) is 0 Å². The molecule has 2 aromatic carbocycles. The van der Waals surface area contributed by atoms with Gasteiger partial charge in [0.15, 0.2) is 11.6 Å². The molecule has 0 heterocycles. The molecule has 0 saturated heterocycles. The average Bonchev–Trinajstić information content (AvgIpc) is 2.41. The zero-order chi connectivity index (χ0) is 13.0. The van der Waals surface area contributed by atoms with Gasteiger partial charge in [-0.1, -0.05) is 30.3 Å². The zero-order valence-electron chi connectivity index (χ0n) is 9.82. The van der Waals surface area contributed by atoms with Crippen LogP contribution < -0.4 is 9.47 Å². The predicted octanol–water partition coefficient (Wildman–Crippen LogP) is 3.55. The second-order valence-corrected chi connectivity index (χ2v) is 3.70. The second-order valence-electron chi connectivity index (χ2n) is 3.70.